The van der Waals surface area contributed by atoms with Crippen molar-refractivity contribution in [3.63, 3.8) is 0 Å². The molecule has 3 fully saturated rings. The minimum Gasteiger partial charge on any atom is -0.472 e. The van der Waals surface area contributed by atoms with Crippen molar-refractivity contribution in [3.8, 4) is 0 Å². The van der Waals surface area contributed by atoms with Crippen LogP contribution in [0.4, 0.5) is 0 Å². The first-order valence-corrected chi connectivity index (χ1v) is 17.2. The largest absolute Gasteiger partial charge is 0.472 e. The fraction of sp³-hybridized carbons (Fsp3) is 0.658. The van der Waals surface area contributed by atoms with Crippen LogP contribution in [0.25, 0.3) is 0 Å². The Morgan fingerprint density at radius 3 is 2.08 bits per heavy atom. The molecule has 0 N–H and O–H groups in total. The molecule has 2 heterocycles. The molecule has 50 heavy (non-hydrogen) atoms. The number of carbonyl (C=O) groups is 5. The third-order valence-electron chi connectivity index (χ3n) is 12.1. The fourth-order valence-electron chi connectivity index (χ4n) is 10.1. The zero-order chi connectivity index (χ0) is 36.9. The molecule has 0 radical (unpaired) electrons. The molecule has 1 aliphatic heterocycles. The summed E-state index contributed by atoms with van der Waals surface area (Å²) >= 11 is 0. The fourth-order valence-corrected chi connectivity index (χ4v) is 10.1. The molecule has 0 spiro atoms. The molecule has 1 aromatic rings. The summed E-state index contributed by atoms with van der Waals surface area (Å²) in [5, 5.41) is 0. The zero-order valence-corrected chi connectivity index (χ0v) is 30.7. The van der Waals surface area contributed by atoms with Crippen LogP contribution in [0.15, 0.2) is 45.8 Å². The van der Waals surface area contributed by atoms with E-state index in [0.29, 0.717) is 17.6 Å². The Morgan fingerprint density at radius 1 is 0.880 bits per heavy atom. The number of ether oxygens (including phenoxy) is 6. The summed E-state index contributed by atoms with van der Waals surface area (Å²) in [5.74, 6) is -4.03. The van der Waals surface area contributed by atoms with Crippen molar-refractivity contribution >= 4 is 29.8 Å². The molecule has 2 saturated carbocycles. The molecule has 0 bridgehead atoms. The van der Waals surface area contributed by atoms with E-state index in [4.69, 9.17) is 32.8 Å². The molecular weight excluding hydrogens is 648 g/mol. The van der Waals surface area contributed by atoms with E-state index in [0.717, 1.165) is 11.1 Å². The second-order valence-corrected chi connectivity index (χ2v) is 15.0. The minimum absolute atomic E-state index is 0.145. The van der Waals surface area contributed by atoms with Crippen molar-refractivity contribution in [1.82, 2.24) is 0 Å². The molecule has 12 heteroatoms. The number of furan rings is 1. The monoisotopic (exact) mass is 698 g/mol. The predicted molar refractivity (Wildman–Crippen MR) is 177 cm³/mol. The van der Waals surface area contributed by atoms with Crippen LogP contribution in [0.5, 0.6) is 0 Å². The van der Waals surface area contributed by atoms with Gasteiger partial charge in [-0.25, -0.2) is 4.79 Å². The normalized spacial score (nSPS) is 37.8. The Morgan fingerprint density at radius 2 is 1.52 bits per heavy atom. The first kappa shape index (κ1) is 37.3. The van der Waals surface area contributed by atoms with Gasteiger partial charge in [0.15, 0.2) is 0 Å². The van der Waals surface area contributed by atoms with Gasteiger partial charge in [0.1, 0.15) is 24.4 Å². The van der Waals surface area contributed by atoms with E-state index in [-0.39, 0.29) is 25.6 Å². The third kappa shape index (κ3) is 6.07. The minimum atomic E-state index is -1.23. The number of esters is 5. The van der Waals surface area contributed by atoms with Gasteiger partial charge in [0.2, 0.25) is 0 Å². The van der Waals surface area contributed by atoms with Crippen molar-refractivity contribution < 1.29 is 56.8 Å². The molecule has 3 aliphatic carbocycles. The molecule has 11 atom stereocenters. The van der Waals surface area contributed by atoms with Crippen LogP contribution in [0, 0.1) is 28.1 Å². The van der Waals surface area contributed by atoms with Gasteiger partial charge < -0.3 is 32.8 Å². The van der Waals surface area contributed by atoms with Crippen LogP contribution < -0.4 is 0 Å². The molecule has 12 nitrogen and oxygen atoms in total. The van der Waals surface area contributed by atoms with E-state index in [1.165, 1.54) is 27.7 Å². The standard InChI is InChI=1S/C38H50O12/c1-11-19(2)35(43)50-34-32-33-36(8,18-46-32)29(48-23(6)41)15-30(49-24(7)42)37(33,9)28(17-45-21(4)39)38(34,10)31-20(3)26(25-12-13-44-16-25)14-27(31)47-22(5)40/h11-13,16,26-30,32-34H,14-15,17-18H2,1-10H3/t26-,27+,28-,29-,30+,32+,33-,34+,36-,37+,38-/m1/s1. The number of allylic oxidation sites excluding steroid dienone is 2. The lowest BCUT2D eigenvalue weighted by molar-refractivity contribution is -0.265. The molecule has 4 aliphatic rings. The summed E-state index contributed by atoms with van der Waals surface area (Å²) in [5.41, 5.74) is -0.187. The first-order valence-electron chi connectivity index (χ1n) is 17.2. The maximum Gasteiger partial charge on any atom is 0.333 e. The lowest BCUT2D eigenvalue weighted by Crippen LogP contribution is -2.73. The van der Waals surface area contributed by atoms with Crippen LogP contribution >= 0.6 is 0 Å². The molecular formula is C38H50O12. The van der Waals surface area contributed by atoms with Crippen LogP contribution in [-0.2, 0) is 52.4 Å². The van der Waals surface area contributed by atoms with E-state index in [2.05, 4.69) is 0 Å². The van der Waals surface area contributed by atoms with Crippen molar-refractivity contribution in [2.24, 2.45) is 28.1 Å². The second kappa shape index (κ2) is 13.7. The van der Waals surface area contributed by atoms with Gasteiger partial charge >= 0.3 is 29.8 Å². The highest BCUT2D eigenvalue weighted by atomic mass is 16.6. The topological polar surface area (TPSA) is 154 Å². The van der Waals surface area contributed by atoms with E-state index >= 15 is 0 Å². The number of rotatable bonds is 9. The molecule has 0 unspecified atom stereocenters. The molecule has 274 valence electrons. The maximum absolute atomic E-state index is 13.8. The summed E-state index contributed by atoms with van der Waals surface area (Å²) in [6.07, 6.45) is 1.38. The maximum atomic E-state index is 13.8. The van der Waals surface area contributed by atoms with Crippen LogP contribution in [0.2, 0.25) is 0 Å². The van der Waals surface area contributed by atoms with Gasteiger partial charge in [-0.3, -0.25) is 19.2 Å². The van der Waals surface area contributed by atoms with Crippen molar-refractivity contribution in [2.45, 2.75) is 119 Å². The Hall–Kier alpha value is -3.93. The van der Waals surface area contributed by atoms with Crippen molar-refractivity contribution in [1.29, 1.82) is 0 Å². The van der Waals surface area contributed by atoms with E-state index in [9.17, 15) is 24.0 Å². The lowest BCUT2D eigenvalue weighted by Gasteiger charge is -2.66. The van der Waals surface area contributed by atoms with Crippen molar-refractivity contribution in [2.75, 3.05) is 13.2 Å². The van der Waals surface area contributed by atoms with Gasteiger partial charge in [0.25, 0.3) is 0 Å². The molecule has 0 amide bonds. The van der Waals surface area contributed by atoms with Crippen molar-refractivity contribution in [3.05, 3.63) is 47.0 Å². The Labute approximate surface area is 293 Å². The Bertz CT molecular complexity index is 1590. The third-order valence-corrected chi connectivity index (χ3v) is 12.1. The molecule has 0 aromatic carbocycles. The van der Waals surface area contributed by atoms with E-state index < -0.39 is 88.4 Å². The van der Waals surface area contributed by atoms with Gasteiger partial charge in [-0.2, -0.15) is 0 Å². The smallest absolute Gasteiger partial charge is 0.333 e. The molecule has 1 aromatic heterocycles. The summed E-state index contributed by atoms with van der Waals surface area (Å²) in [4.78, 5) is 64.5. The Kier molecular flexibility index (Phi) is 10.2. The first-order chi connectivity index (χ1) is 23.4. The average molecular weight is 699 g/mol. The highest BCUT2D eigenvalue weighted by molar-refractivity contribution is 5.88. The summed E-state index contributed by atoms with van der Waals surface area (Å²) in [6.45, 7) is 16.6. The lowest BCUT2D eigenvalue weighted by atomic mass is 9.40. The van der Waals surface area contributed by atoms with Crippen LogP contribution in [-0.4, -0.2) is 73.6 Å². The summed E-state index contributed by atoms with van der Waals surface area (Å²) in [7, 11) is 0. The second-order valence-electron chi connectivity index (χ2n) is 15.0. The summed E-state index contributed by atoms with van der Waals surface area (Å²) in [6, 6.07) is 1.87. The zero-order valence-electron chi connectivity index (χ0n) is 30.7. The highest BCUT2D eigenvalue weighted by Crippen LogP contribution is 2.71. The van der Waals surface area contributed by atoms with Gasteiger partial charge in [-0.15, -0.1) is 0 Å². The Balaban J connectivity index is 1.84. The highest BCUT2D eigenvalue weighted by Gasteiger charge is 2.77. The predicted octanol–water partition coefficient (Wildman–Crippen LogP) is 5.39. The average Bonchev–Trinajstić information content (AvgIpc) is 3.75. The van der Waals surface area contributed by atoms with Crippen LogP contribution in [0.3, 0.4) is 0 Å². The number of carbonyl (C=O) groups excluding carboxylic acids is 5. The van der Waals surface area contributed by atoms with Crippen LogP contribution in [0.1, 0.15) is 93.6 Å². The van der Waals surface area contributed by atoms with Gasteiger partial charge in [0.05, 0.1) is 31.8 Å². The van der Waals surface area contributed by atoms with Gasteiger partial charge in [-0.05, 0) is 44.4 Å². The molecule has 1 saturated heterocycles. The molecule has 5 rings (SSSR count). The van der Waals surface area contributed by atoms with Gasteiger partial charge in [0, 0.05) is 73.7 Å². The quantitative estimate of drug-likeness (QED) is 0.141. The summed E-state index contributed by atoms with van der Waals surface area (Å²) < 4.78 is 42.8. The number of hydrogen-bond donors (Lipinski definition) is 0. The van der Waals surface area contributed by atoms with Gasteiger partial charge in [-0.1, -0.05) is 32.4 Å². The SMILES string of the molecule is CC=C(C)C(=O)O[C@H]1[C@H]2OC[C@@]3(C)[C@@H]2[C@](C)([C@@H](OC(C)=O)C[C@H]3OC(C)=O)[C@@H](COC(C)=O)[C@]1(C)C1=C(C)[C@H](c2ccoc2)C[C@@H]1OC(C)=O. The number of hydrogen-bond acceptors (Lipinski definition) is 12. The van der Waals surface area contributed by atoms with E-state index in [1.54, 1.807) is 32.4 Å². The van der Waals surface area contributed by atoms with E-state index in [1.807, 2.05) is 33.8 Å².